The Morgan fingerprint density at radius 2 is 1.12 bits per heavy atom. The molecule has 0 fully saturated rings. The topological polar surface area (TPSA) is 62.2 Å². The second-order valence-corrected chi connectivity index (χ2v) is 6.59. The van der Waals surface area contributed by atoms with E-state index in [2.05, 4.69) is 6.92 Å². The molecule has 0 aliphatic heterocycles. The minimum absolute atomic E-state index is 0.0274. The molecular formula is C20H43NO4. The van der Waals surface area contributed by atoms with Gasteiger partial charge in [-0.25, -0.2) is 4.90 Å². The predicted molar refractivity (Wildman–Crippen MR) is 104 cm³/mol. The van der Waals surface area contributed by atoms with Gasteiger partial charge in [0.25, 0.3) is 0 Å². The van der Waals surface area contributed by atoms with E-state index in [9.17, 15) is 10.2 Å². The maximum absolute atomic E-state index is 9.36. The number of unbranched alkanes of at least 4 members (excludes halogenated alkanes) is 8. The van der Waals surface area contributed by atoms with Gasteiger partial charge in [0.1, 0.15) is 0 Å². The Bertz CT molecular complexity index is 264. The molecule has 0 amide bonds. The van der Waals surface area contributed by atoms with Crippen molar-refractivity contribution in [3.8, 4) is 0 Å². The van der Waals surface area contributed by atoms with E-state index in [0.717, 1.165) is 12.8 Å². The quantitative estimate of drug-likeness (QED) is 0.270. The first-order chi connectivity index (χ1) is 12.2. The highest BCUT2D eigenvalue weighted by molar-refractivity contribution is 4.73. The van der Waals surface area contributed by atoms with Crippen molar-refractivity contribution >= 4 is 0 Å². The Morgan fingerprint density at radius 3 is 1.52 bits per heavy atom. The van der Waals surface area contributed by atoms with Gasteiger partial charge in [0.2, 0.25) is 5.91 Å². The van der Waals surface area contributed by atoms with Gasteiger partial charge in [-0.1, -0.05) is 58.3 Å². The van der Waals surface area contributed by atoms with Crippen LogP contribution in [0.1, 0.15) is 85.0 Å². The first-order valence-corrected chi connectivity index (χ1v) is 10.4. The molecule has 5 nitrogen and oxygen atoms in total. The molecule has 0 saturated carbocycles. The van der Waals surface area contributed by atoms with Crippen LogP contribution in [-0.2, 0) is 9.47 Å². The van der Waals surface area contributed by atoms with Crippen LogP contribution in [0, 0.1) is 0 Å². The van der Waals surface area contributed by atoms with Gasteiger partial charge >= 0.3 is 0 Å². The number of nitrogens with zero attached hydrogens (tertiary/aromatic N) is 1. The average molecular weight is 362 g/mol. The molecule has 0 spiro atoms. The van der Waals surface area contributed by atoms with Gasteiger partial charge in [0, 0.05) is 32.7 Å². The lowest BCUT2D eigenvalue weighted by Gasteiger charge is -2.42. The van der Waals surface area contributed by atoms with Gasteiger partial charge in [-0.3, -0.25) is 0 Å². The summed E-state index contributed by atoms with van der Waals surface area (Å²) in [5.41, 5.74) is 0. The lowest BCUT2D eigenvalue weighted by atomic mass is 10.1. The monoisotopic (exact) mass is 361 g/mol. The number of aliphatic hydroxyl groups excluding tert-OH is 2. The number of hydrogen-bond acceptors (Lipinski definition) is 5. The second-order valence-electron chi connectivity index (χ2n) is 6.59. The summed E-state index contributed by atoms with van der Waals surface area (Å²) >= 11 is 0. The lowest BCUT2D eigenvalue weighted by Crippen LogP contribution is -2.55. The Kier molecular flexibility index (Phi) is 17.1. The minimum atomic E-state index is -0.823. The Morgan fingerprint density at radius 1 is 0.680 bits per heavy atom. The van der Waals surface area contributed by atoms with E-state index < -0.39 is 5.91 Å². The van der Waals surface area contributed by atoms with E-state index >= 15 is 0 Å². The summed E-state index contributed by atoms with van der Waals surface area (Å²) in [6, 6.07) is 0. The van der Waals surface area contributed by atoms with Crippen LogP contribution >= 0.6 is 0 Å². The molecule has 0 bridgehead atoms. The molecule has 2 N–H and O–H groups in total. The molecule has 0 aromatic carbocycles. The summed E-state index contributed by atoms with van der Waals surface area (Å²) in [6.45, 7) is 8.20. The molecule has 0 heterocycles. The van der Waals surface area contributed by atoms with Crippen LogP contribution in [0.5, 0.6) is 0 Å². The summed E-state index contributed by atoms with van der Waals surface area (Å²) in [5.74, 6) is -0.823. The molecule has 0 aliphatic carbocycles. The Hall–Kier alpha value is -0.200. The third kappa shape index (κ3) is 11.2. The summed E-state index contributed by atoms with van der Waals surface area (Å²) in [6.07, 6.45) is 12.2. The number of rotatable bonds is 19. The van der Waals surface area contributed by atoms with E-state index in [1.165, 1.54) is 51.4 Å². The zero-order valence-corrected chi connectivity index (χ0v) is 17.0. The highest BCUT2D eigenvalue weighted by Gasteiger charge is 2.37. The van der Waals surface area contributed by atoms with Crippen molar-refractivity contribution < 1.29 is 19.7 Å². The van der Waals surface area contributed by atoms with Crippen molar-refractivity contribution in [1.29, 1.82) is 0 Å². The molecule has 5 heteroatoms. The second kappa shape index (κ2) is 17.2. The Labute approximate surface area is 155 Å². The molecular weight excluding hydrogens is 318 g/mol. The van der Waals surface area contributed by atoms with Gasteiger partial charge in [-0.05, 0) is 20.3 Å². The van der Waals surface area contributed by atoms with E-state index in [4.69, 9.17) is 9.47 Å². The van der Waals surface area contributed by atoms with Crippen LogP contribution in [0.3, 0.4) is 0 Å². The van der Waals surface area contributed by atoms with Gasteiger partial charge in [-0.2, -0.15) is 0 Å². The molecule has 0 atom stereocenters. The molecule has 0 aromatic heterocycles. The highest BCUT2D eigenvalue weighted by atomic mass is 16.7. The molecule has 152 valence electrons. The predicted octanol–water partition coefficient (Wildman–Crippen LogP) is 3.92. The molecule has 0 aliphatic rings. The summed E-state index contributed by atoms with van der Waals surface area (Å²) in [4.78, 5) is 1.94. The minimum Gasteiger partial charge on any atom is -0.395 e. The van der Waals surface area contributed by atoms with Crippen molar-refractivity contribution in [2.75, 3.05) is 39.5 Å². The third-order valence-electron chi connectivity index (χ3n) is 4.56. The number of hydrogen-bond donors (Lipinski definition) is 2. The van der Waals surface area contributed by atoms with Gasteiger partial charge in [0.05, 0.1) is 13.2 Å². The standard InChI is InChI=1S/C20H43NO4/c1-4-7-8-9-10-11-12-13-14-15-20(24-5-2,25-6-3)21(16-18-22)17-19-23/h22-23H,4-19H2,1-3H3. The SMILES string of the molecule is CCCCCCCCCCCC(OCC)(OCC)N(CCO)CCO. The molecule has 0 saturated heterocycles. The fraction of sp³-hybridized carbons (Fsp3) is 1.00. The van der Waals surface area contributed by atoms with E-state index in [1.807, 2.05) is 18.7 Å². The van der Waals surface area contributed by atoms with Crippen LogP contribution < -0.4 is 0 Å². The van der Waals surface area contributed by atoms with Crippen molar-refractivity contribution in [2.45, 2.75) is 90.9 Å². The van der Waals surface area contributed by atoms with Gasteiger partial charge in [0.15, 0.2) is 0 Å². The zero-order valence-electron chi connectivity index (χ0n) is 17.0. The molecule has 0 radical (unpaired) electrons. The number of ether oxygens (including phenoxy) is 2. The summed E-state index contributed by atoms with van der Waals surface area (Å²) in [7, 11) is 0. The van der Waals surface area contributed by atoms with Crippen molar-refractivity contribution in [2.24, 2.45) is 0 Å². The van der Waals surface area contributed by atoms with E-state index in [1.54, 1.807) is 0 Å². The molecule has 0 rings (SSSR count). The maximum atomic E-state index is 9.36. The third-order valence-corrected chi connectivity index (χ3v) is 4.56. The first kappa shape index (κ1) is 24.8. The average Bonchev–Trinajstić information content (AvgIpc) is 2.60. The van der Waals surface area contributed by atoms with Gasteiger partial charge in [-0.15, -0.1) is 0 Å². The molecule has 0 aromatic rings. The van der Waals surface area contributed by atoms with Crippen LogP contribution in [0.2, 0.25) is 0 Å². The van der Waals surface area contributed by atoms with Crippen LogP contribution in [0.15, 0.2) is 0 Å². The van der Waals surface area contributed by atoms with E-state index in [-0.39, 0.29) is 13.2 Å². The van der Waals surface area contributed by atoms with Crippen molar-refractivity contribution in [3.05, 3.63) is 0 Å². The zero-order chi connectivity index (χ0) is 18.8. The highest BCUT2D eigenvalue weighted by Crippen LogP contribution is 2.27. The lowest BCUT2D eigenvalue weighted by molar-refractivity contribution is -0.321. The Balaban J connectivity index is 4.37. The van der Waals surface area contributed by atoms with E-state index in [0.29, 0.717) is 26.3 Å². The normalized spacial score (nSPS) is 12.2. The fourth-order valence-corrected chi connectivity index (χ4v) is 3.33. The maximum Gasteiger partial charge on any atom is 0.230 e. The number of aliphatic hydroxyl groups is 2. The van der Waals surface area contributed by atoms with Gasteiger partial charge < -0.3 is 19.7 Å². The summed E-state index contributed by atoms with van der Waals surface area (Å²) < 4.78 is 12.0. The van der Waals surface area contributed by atoms with Crippen LogP contribution in [0.4, 0.5) is 0 Å². The van der Waals surface area contributed by atoms with Crippen molar-refractivity contribution in [1.82, 2.24) is 4.90 Å². The fourth-order valence-electron chi connectivity index (χ4n) is 3.33. The van der Waals surface area contributed by atoms with Crippen LogP contribution in [0.25, 0.3) is 0 Å². The van der Waals surface area contributed by atoms with Crippen LogP contribution in [-0.4, -0.2) is 60.5 Å². The first-order valence-electron chi connectivity index (χ1n) is 10.4. The summed E-state index contributed by atoms with van der Waals surface area (Å²) in [5, 5.41) is 18.7. The molecule has 0 unspecified atom stereocenters. The van der Waals surface area contributed by atoms with Crippen molar-refractivity contribution in [3.63, 3.8) is 0 Å². The smallest absolute Gasteiger partial charge is 0.230 e. The largest absolute Gasteiger partial charge is 0.395 e. The molecule has 25 heavy (non-hydrogen) atoms.